The van der Waals surface area contributed by atoms with Crippen LogP contribution >= 0.6 is 0 Å². The fraction of sp³-hybridized carbons (Fsp3) is 0.320. The van der Waals surface area contributed by atoms with Gasteiger partial charge in [0.25, 0.3) is 5.91 Å². The van der Waals surface area contributed by atoms with Crippen molar-refractivity contribution in [1.82, 2.24) is 15.8 Å². The summed E-state index contributed by atoms with van der Waals surface area (Å²) >= 11 is 0. The molecule has 33 heavy (non-hydrogen) atoms. The van der Waals surface area contributed by atoms with Crippen molar-refractivity contribution in [3.8, 4) is 22.8 Å². The molecule has 8 nitrogen and oxygen atoms in total. The van der Waals surface area contributed by atoms with E-state index in [2.05, 4.69) is 15.8 Å². The summed E-state index contributed by atoms with van der Waals surface area (Å²) in [5, 5.41) is 9.63. The molecule has 0 aliphatic heterocycles. The van der Waals surface area contributed by atoms with E-state index >= 15 is 0 Å². The van der Waals surface area contributed by atoms with Crippen LogP contribution in [0, 0.1) is 5.92 Å². The Labute approximate surface area is 193 Å². The van der Waals surface area contributed by atoms with Gasteiger partial charge in [0.2, 0.25) is 5.91 Å². The number of benzene rings is 2. The molecule has 0 unspecified atom stereocenters. The van der Waals surface area contributed by atoms with E-state index in [0.29, 0.717) is 22.8 Å². The van der Waals surface area contributed by atoms with Gasteiger partial charge in [-0.15, -0.1) is 0 Å². The zero-order valence-corrected chi connectivity index (χ0v) is 19.4. The molecule has 0 bridgehead atoms. The molecule has 2 aromatic carbocycles. The largest absolute Gasteiger partial charge is 0.497 e. The summed E-state index contributed by atoms with van der Waals surface area (Å²) in [4.78, 5) is 25.8. The Bertz CT molecular complexity index is 1090. The van der Waals surface area contributed by atoms with Crippen molar-refractivity contribution in [1.29, 1.82) is 0 Å². The highest BCUT2D eigenvalue weighted by Crippen LogP contribution is 2.33. The normalized spacial score (nSPS) is 12.7. The Morgan fingerprint density at radius 2 is 1.67 bits per heavy atom. The van der Waals surface area contributed by atoms with Gasteiger partial charge in [0.1, 0.15) is 17.5 Å². The molecule has 0 aliphatic rings. The molecule has 0 saturated heterocycles. The second kappa shape index (κ2) is 10.7. The number of nitrogens with zero attached hydrogens (tertiary/aromatic N) is 1. The van der Waals surface area contributed by atoms with Crippen LogP contribution in [0.4, 0.5) is 0 Å². The minimum absolute atomic E-state index is 0.0671. The summed E-state index contributed by atoms with van der Waals surface area (Å²) in [6, 6.07) is 15.4. The lowest BCUT2D eigenvalue weighted by Crippen LogP contribution is -2.50. The summed E-state index contributed by atoms with van der Waals surface area (Å²) in [5.41, 5.74) is 1.67. The van der Waals surface area contributed by atoms with Crippen LogP contribution in [-0.2, 0) is 4.79 Å². The van der Waals surface area contributed by atoms with E-state index in [1.807, 2.05) is 51.1 Å². The highest BCUT2D eigenvalue weighted by Gasteiger charge is 2.27. The van der Waals surface area contributed by atoms with Gasteiger partial charge in [-0.05, 0) is 30.5 Å². The number of carbonyl (C=O) groups excluding carboxylic acids is 2. The predicted molar refractivity (Wildman–Crippen MR) is 124 cm³/mol. The number of hydrogen-bond acceptors (Lipinski definition) is 6. The fourth-order valence-corrected chi connectivity index (χ4v) is 3.39. The van der Waals surface area contributed by atoms with E-state index in [0.717, 1.165) is 5.56 Å². The summed E-state index contributed by atoms with van der Waals surface area (Å²) in [7, 11) is 3.10. The van der Waals surface area contributed by atoms with Gasteiger partial charge >= 0.3 is 0 Å². The van der Waals surface area contributed by atoms with Crippen LogP contribution in [0.5, 0.6) is 11.5 Å². The van der Waals surface area contributed by atoms with Crippen LogP contribution in [0.15, 0.2) is 59.1 Å². The average Bonchev–Trinajstić information content (AvgIpc) is 3.32. The SMILES string of the molecule is COc1ccc(-c2cc(C(=O)N[C@@H](C(=O)N[C@@H](C)c3ccccc3)C(C)C)no2)c(OC)c1. The van der Waals surface area contributed by atoms with E-state index in [-0.39, 0.29) is 23.6 Å². The lowest BCUT2D eigenvalue weighted by atomic mass is 10.0. The molecule has 2 atom stereocenters. The smallest absolute Gasteiger partial charge is 0.274 e. The number of nitrogens with one attached hydrogen (secondary N) is 2. The molecule has 0 fully saturated rings. The first kappa shape index (κ1) is 23.8. The van der Waals surface area contributed by atoms with E-state index in [9.17, 15) is 9.59 Å². The quantitative estimate of drug-likeness (QED) is 0.510. The van der Waals surface area contributed by atoms with Gasteiger partial charge in [-0.3, -0.25) is 9.59 Å². The minimum Gasteiger partial charge on any atom is -0.497 e. The van der Waals surface area contributed by atoms with E-state index in [1.54, 1.807) is 25.3 Å². The molecule has 0 spiro atoms. The molecule has 2 amide bonds. The topological polar surface area (TPSA) is 103 Å². The second-order valence-electron chi connectivity index (χ2n) is 7.98. The van der Waals surface area contributed by atoms with E-state index < -0.39 is 11.9 Å². The summed E-state index contributed by atoms with van der Waals surface area (Å²) < 4.78 is 16.0. The van der Waals surface area contributed by atoms with Crippen molar-refractivity contribution < 1.29 is 23.6 Å². The van der Waals surface area contributed by atoms with Gasteiger partial charge in [0.05, 0.1) is 25.8 Å². The maximum Gasteiger partial charge on any atom is 0.274 e. The maximum atomic E-state index is 12.9. The third-order valence-corrected chi connectivity index (χ3v) is 5.31. The molecular weight excluding hydrogens is 422 g/mol. The number of methoxy groups -OCH3 is 2. The third kappa shape index (κ3) is 5.71. The fourth-order valence-electron chi connectivity index (χ4n) is 3.39. The molecule has 3 rings (SSSR count). The van der Waals surface area contributed by atoms with Crippen LogP contribution < -0.4 is 20.1 Å². The number of aromatic nitrogens is 1. The number of rotatable bonds is 9. The number of ether oxygens (including phenoxy) is 2. The molecule has 174 valence electrons. The van der Waals surface area contributed by atoms with Crippen LogP contribution in [0.25, 0.3) is 11.3 Å². The Kier molecular flexibility index (Phi) is 7.71. The third-order valence-electron chi connectivity index (χ3n) is 5.31. The van der Waals surface area contributed by atoms with Crippen molar-refractivity contribution in [3.05, 3.63) is 65.9 Å². The molecule has 1 heterocycles. The number of amides is 2. The van der Waals surface area contributed by atoms with Gasteiger partial charge in [-0.2, -0.15) is 0 Å². The molecule has 0 saturated carbocycles. The Balaban J connectivity index is 1.73. The van der Waals surface area contributed by atoms with Gasteiger partial charge in [-0.25, -0.2) is 0 Å². The van der Waals surface area contributed by atoms with Crippen LogP contribution in [-0.4, -0.2) is 37.2 Å². The van der Waals surface area contributed by atoms with E-state index in [1.165, 1.54) is 13.2 Å². The minimum atomic E-state index is -0.737. The first-order valence-corrected chi connectivity index (χ1v) is 10.7. The molecule has 1 aromatic heterocycles. The van der Waals surface area contributed by atoms with Crippen LogP contribution in [0.2, 0.25) is 0 Å². The van der Waals surface area contributed by atoms with Crippen molar-refractivity contribution in [2.75, 3.05) is 14.2 Å². The maximum absolute atomic E-state index is 12.9. The second-order valence-corrected chi connectivity index (χ2v) is 7.98. The highest BCUT2D eigenvalue weighted by atomic mass is 16.5. The molecule has 0 radical (unpaired) electrons. The van der Waals surface area contributed by atoms with Crippen LogP contribution in [0.3, 0.4) is 0 Å². The Morgan fingerprint density at radius 1 is 0.939 bits per heavy atom. The number of carbonyl (C=O) groups is 2. The van der Waals surface area contributed by atoms with Crippen molar-refractivity contribution in [2.24, 2.45) is 5.92 Å². The zero-order valence-electron chi connectivity index (χ0n) is 19.4. The number of hydrogen-bond donors (Lipinski definition) is 2. The monoisotopic (exact) mass is 451 g/mol. The molecular formula is C25H29N3O5. The van der Waals surface area contributed by atoms with Gasteiger partial charge < -0.3 is 24.6 Å². The van der Waals surface area contributed by atoms with E-state index in [4.69, 9.17) is 14.0 Å². The summed E-state index contributed by atoms with van der Waals surface area (Å²) in [6.45, 7) is 5.64. The Morgan fingerprint density at radius 3 is 2.30 bits per heavy atom. The lowest BCUT2D eigenvalue weighted by molar-refractivity contribution is -0.124. The Hall–Kier alpha value is -3.81. The lowest BCUT2D eigenvalue weighted by Gasteiger charge is -2.23. The summed E-state index contributed by atoms with van der Waals surface area (Å²) in [5.74, 6) is 0.609. The first-order chi connectivity index (χ1) is 15.8. The first-order valence-electron chi connectivity index (χ1n) is 10.7. The average molecular weight is 452 g/mol. The van der Waals surface area contributed by atoms with Crippen LogP contribution in [0.1, 0.15) is 42.9 Å². The van der Waals surface area contributed by atoms with Crippen molar-refractivity contribution in [3.63, 3.8) is 0 Å². The van der Waals surface area contributed by atoms with Crippen molar-refractivity contribution in [2.45, 2.75) is 32.9 Å². The molecule has 0 aliphatic carbocycles. The standard InChI is InChI=1S/C25H29N3O5/c1-15(2)23(25(30)26-16(3)17-9-7-6-8-10-17)27-24(29)20-14-22(33-28-20)19-12-11-18(31-4)13-21(19)32-5/h6-16,23H,1-5H3,(H,26,30)(H,27,29)/t16-,23+/m0/s1. The molecule has 8 heteroatoms. The molecule has 3 aromatic rings. The van der Waals surface area contributed by atoms with Gasteiger partial charge in [-0.1, -0.05) is 49.3 Å². The van der Waals surface area contributed by atoms with Gasteiger partial charge in [0, 0.05) is 12.1 Å². The highest BCUT2D eigenvalue weighted by molar-refractivity contribution is 5.97. The summed E-state index contributed by atoms with van der Waals surface area (Å²) in [6.07, 6.45) is 0. The predicted octanol–water partition coefficient (Wildman–Crippen LogP) is 3.99. The van der Waals surface area contributed by atoms with Crippen molar-refractivity contribution >= 4 is 11.8 Å². The molecule has 2 N–H and O–H groups in total. The van der Waals surface area contributed by atoms with Gasteiger partial charge in [0.15, 0.2) is 11.5 Å². The zero-order chi connectivity index (χ0) is 24.0.